The van der Waals surface area contributed by atoms with Crippen molar-refractivity contribution in [3.05, 3.63) is 83.9 Å². The lowest BCUT2D eigenvalue weighted by atomic mass is 10.1. The van der Waals surface area contributed by atoms with E-state index in [0.717, 1.165) is 34.0 Å². The average Bonchev–Trinajstić information content (AvgIpc) is 3.61. The molecule has 0 spiro atoms. The number of halogens is 4. The van der Waals surface area contributed by atoms with Crippen LogP contribution in [0.5, 0.6) is 5.75 Å². The Balaban J connectivity index is 1.31. The van der Waals surface area contributed by atoms with E-state index < -0.39 is 37.1 Å². The molecule has 0 radical (unpaired) electrons. The Labute approximate surface area is 252 Å². The standard InChI is InChI=1S/C29H24F4N6O4S/c1-17-3-4-19(13-43-15-29(31,32)33)24(11-17)39-25(40)14-44-28(39)36-27(41)35-23-10-5-18(12-22(23)30)26-34-16-38(37-26)20-6-8-21(42-2)9-7-20/h3-12,16H,13-15H2,1-2H3,(H,35,41). The van der Waals surface area contributed by atoms with Crippen LogP contribution in [0.25, 0.3) is 17.1 Å². The fourth-order valence-electron chi connectivity index (χ4n) is 4.20. The molecule has 1 N–H and O–H groups in total. The molecular formula is C29H24F4N6O4S. The Morgan fingerprint density at radius 3 is 2.59 bits per heavy atom. The number of benzene rings is 3. The number of rotatable bonds is 8. The molecule has 1 aliphatic heterocycles. The maximum Gasteiger partial charge on any atom is 0.411 e. The number of aromatic nitrogens is 3. The number of thioether (sulfide) groups is 1. The van der Waals surface area contributed by atoms with E-state index in [1.54, 1.807) is 56.5 Å². The van der Waals surface area contributed by atoms with Gasteiger partial charge >= 0.3 is 12.2 Å². The van der Waals surface area contributed by atoms with Gasteiger partial charge in [0.1, 0.15) is 24.5 Å². The number of nitrogens with zero attached hydrogens (tertiary/aromatic N) is 5. The van der Waals surface area contributed by atoms with Crippen molar-refractivity contribution >= 4 is 40.2 Å². The van der Waals surface area contributed by atoms with Gasteiger partial charge in [-0.05, 0) is 61.0 Å². The van der Waals surface area contributed by atoms with Gasteiger partial charge in [-0.1, -0.05) is 23.9 Å². The Kier molecular flexibility index (Phi) is 8.96. The molecule has 10 nitrogen and oxygen atoms in total. The molecule has 3 amide bonds. The summed E-state index contributed by atoms with van der Waals surface area (Å²) in [4.78, 5) is 34.9. The molecule has 0 saturated carbocycles. The summed E-state index contributed by atoms with van der Waals surface area (Å²) in [5, 5.41) is 6.73. The van der Waals surface area contributed by atoms with Gasteiger partial charge in [0, 0.05) is 11.1 Å². The summed E-state index contributed by atoms with van der Waals surface area (Å²) in [5.41, 5.74) is 2.17. The third-order valence-corrected chi connectivity index (χ3v) is 7.19. The zero-order valence-corrected chi connectivity index (χ0v) is 24.1. The van der Waals surface area contributed by atoms with Crippen molar-refractivity contribution in [1.82, 2.24) is 14.8 Å². The number of aliphatic imine (C=N–C) groups is 1. The molecule has 1 aliphatic rings. The second kappa shape index (κ2) is 12.9. The molecule has 3 aromatic carbocycles. The molecule has 0 aliphatic carbocycles. The van der Waals surface area contributed by atoms with Crippen molar-refractivity contribution in [2.75, 3.05) is 29.7 Å². The maximum absolute atomic E-state index is 15.0. The molecule has 0 unspecified atom stereocenters. The van der Waals surface area contributed by atoms with Gasteiger partial charge in [-0.2, -0.15) is 18.2 Å². The van der Waals surface area contributed by atoms with Crippen molar-refractivity contribution < 1.29 is 36.6 Å². The van der Waals surface area contributed by atoms with E-state index in [2.05, 4.69) is 20.4 Å². The fraction of sp³-hybridized carbons (Fsp3) is 0.207. The van der Waals surface area contributed by atoms with Crippen LogP contribution in [0.1, 0.15) is 11.1 Å². The summed E-state index contributed by atoms with van der Waals surface area (Å²) in [6.45, 7) is -0.141. The summed E-state index contributed by atoms with van der Waals surface area (Å²) in [6, 6.07) is 15.0. The van der Waals surface area contributed by atoms with Gasteiger partial charge in [-0.3, -0.25) is 9.69 Å². The first-order chi connectivity index (χ1) is 21.0. The molecule has 2 heterocycles. The van der Waals surface area contributed by atoms with Crippen molar-refractivity contribution in [1.29, 1.82) is 0 Å². The van der Waals surface area contributed by atoms with Crippen LogP contribution in [-0.2, 0) is 16.1 Å². The Morgan fingerprint density at radius 2 is 1.89 bits per heavy atom. The molecule has 1 fully saturated rings. The minimum Gasteiger partial charge on any atom is -0.497 e. The first-order valence-electron chi connectivity index (χ1n) is 13.0. The highest BCUT2D eigenvalue weighted by Crippen LogP contribution is 2.32. The average molecular weight is 629 g/mol. The van der Waals surface area contributed by atoms with Crippen LogP contribution in [0, 0.1) is 12.7 Å². The summed E-state index contributed by atoms with van der Waals surface area (Å²) < 4.78 is 64.3. The second-order valence-corrected chi connectivity index (χ2v) is 10.4. The van der Waals surface area contributed by atoms with Gasteiger partial charge in [0.15, 0.2) is 11.0 Å². The molecule has 228 valence electrons. The van der Waals surface area contributed by atoms with E-state index in [1.807, 2.05) is 0 Å². The monoisotopic (exact) mass is 628 g/mol. The van der Waals surface area contributed by atoms with Gasteiger partial charge in [-0.15, -0.1) is 5.10 Å². The number of urea groups is 1. The first-order valence-corrected chi connectivity index (χ1v) is 13.9. The minimum atomic E-state index is -4.52. The number of amides is 3. The van der Waals surface area contributed by atoms with Crippen LogP contribution >= 0.6 is 11.8 Å². The van der Waals surface area contributed by atoms with Crippen LogP contribution in [0.2, 0.25) is 0 Å². The lowest BCUT2D eigenvalue weighted by Crippen LogP contribution is -2.31. The summed E-state index contributed by atoms with van der Waals surface area (Å²) >= 11 is 0.967. The zero-order valence-electron chi connectivity index (χ0n) is 23.3. The SMILES string of the molecule is COc1ccc(-n2cnc(-c3ccc(NC(=O)N=C4SCC(=O)N4c4cc(C)ccc4COCC(F)(F)F)c(F)c3)n2)cc1. The molecule has 5 rings (SSSR count). The molecule has 1 aromatic heterocycles. The highest BCUT2D eigenvalue weighted by molar-refractivity contribution is 8.15. The lowest BCUT2D eigenvalue weighted by Gasteiger charge is -2.21. The second-order valence-electron chi connectivity index (χ2n) is 9.49. The third-order valence-electron chi connectivity index (χ3n) is 6.27. The van der Waals surface area contributed by atoms with Crippen LogP contribution in [0.3, 0.4) is 0 Å². The zero-order chi connectivity index (χ0) is 31.4. The third kappa shape index (κ3) is 7.23. The lowest BCUT2D eigenvalue weighted by molar-refractivity contribution is -0.176. The number of ether oxygens (including phenoxy) is 2. The summed E-state index contributed by atoms with van der Waals surface area (Å²) in [6.07, 6.45) is -3.03. The number of amidine groups is 1. The predicted molar refractivity (Wildman–Crippen MR) is 157 cm³/mol. The van der Waals surface area contributed by atoms with E-state index in [-0.39, 0.29) is 28.1 Å². The number of aryl methyl sites for hydroxylation is 1. The van der Waals surface area contributed by atoms with Crippen molar-refractivity contribution in [2.45, 2.75) is 19.7 Å². The van der Waals surface area contributed by atoms with E-state index in [1.165, 1.54) is 23.1 Å². The number of carbonyl (C=O) groups is 2. The van der Waals surface area contributed by atoms with E-state index in [9.17, 15) is 22.8 Å². The molecule has 15 heteroatoms. The smallest absolute Gasteiger partial charge is 0.411 e. The molecular weight excluding hydrogens is 604 g/mol. The Morgan fingerprint density at radius 1 is 1.11 bits per heavy atom. The van der Waals surface area contributed by atoms with E-state index >= 15 is 4.39 Å². The number of nitrogens with one attached hydrogen (secondary N) is 1. The predicted octanol–water partition coefficient (Wildman–Crippen LogP) is 6.14. The quantitative estimate of drug-likeness (QED) is 0.234. The minimum absolute atomic E-state index is 0.0135. The molecule has 1 saturated heterocycles. The van der Waals surface area contributed by atoms with Gasteiger partial charge in [0.05, 0.1) is 36.5 Å². The fourth-order valence-corrected chi connectivity index (χ4v) is 5.06. The molecule has 0 bridgehead atoms. The van der Waals surface area contributed by atoms with Crippen molar-refractivity contribution in [2.24, 2.45) is 4.99 Å². The van der Waals surface area contributed by atoms with E-state index in [0.29, 0.717) is 16.9 Å². The number of hydrogen-bond donors (Lipinski definition) is 1. The van der Waals surface area contributed by atoms with Crippen LogP contribution in [0.15, 0.2) is 72.0 Å². The van der Waals surface area contributed by atoms with Crippen LogP contribution in [0.4, 0.5) is 33.7 Å². The van der Waals surface area contributed by atoms with Crippen molar-refractivity contribution in [3.63, 3.8) is 0 Å². The van der Waals surface area contributed by atoms with Gasteiger partial charge in [0.2, 0.25) is 5.91 Å². The molecule has 44 heavy (non-hydrogen) atoms. The normalized spacial score (nSPS) is 14.4. The van der Waals surface area contributed by atoms with Crippen molar-refractivity contribution in [3.8, 4) is 22.8 Å². The van der Waals surface area contributed by atoms with Crippen LogP contribution in [-0.4, -0.2) is 57.5 Å². The summed E-state index contributed by atoms with van der Waals surface area (Å²) in [5.74, 6) is -0.322. The highest BCUT2D eigenvalue weighted by atomic mass is 32.2. The Bertz CT molecular complexity index is 1730. The Hall–Kier alpha value is -4.76. The first kappa shape index (κ1) is 30.7. The number of methoxy groups -OCH3 is 1. The van der Waals surface area contributed by atoms with Crippen LogP contribution < -0.4 is 15.0 Å². The maximum atomic E-state index is 15.0. The number of anilines is 2. The topological polar surface area (TPSA) is 111 Å². The van der Waals surface area contributed by atoms with Gasteiger partial charge < -0.3 is 14.8 Å². The number of hydrogen-bond acceptors (Lipinski definition) is 7. The number of alkyl halides is 3. The van der Waals surface area contributed by atoms with E-state index in [4.69, 9.17) is 9.47 Å². The summed E-state index contributed by atoms with van der Waals surface area (Å²) in [7, 11) is 1.56. The number of carbonyl (C=O) groups excluding carboxylic acids is 2. The molecule has 4 aromatic rings. The largest absolute Gasteiger partial charge is 0.497 e. The molecule has 0 atom stereocenters. The highest BCUT2D eigenvalue weighted by Gasteiger charge is 2.33. The van der Waals surface area contributed by atoms with Gasteiger partial charge in [-0.25, -0.2) is 18.9 Å². The van der Waals surface area contributed by atoms with Gasteiger partial charge in [0.25, 0.3) is 0 Å².